The number of piperidine rings is 1. The van der Waals surface area contributed by atoms with E-state index in [0.717, 1.165) is 19.4 Å². The van der Waals surface area contributed by atoms with E-state index in [-0.39, 0.29) is 36.1 Å². The van der Waals surface area contributed by atoms with E-state index in [9.17, 15) is 14.0 Å². The summed E-state index contributed by atoms with van der Waals surface area (Å²) >= 11 is 0. The van der Waals surface area contributed by atoms with E-state index in [1.807, 2.05) is 13.8 Å². The first-order chi connectivity index (χ1) is 11.0. The number of amides is 2. The van der Waals surface area contributed by atoms with Gasteiger partial charge in [-0.2, -0.15) is 0 Å². The van der Waals surface area contributed by atoms with E-state index in [1.54, 1.807) is 4.90 Å². The van der Waals surface area contributed by atoms with E-state index >= 15 is 0 Å². The van der Waals surface area contributed by atoms with Gasteiger partial charge in [-0.3, -0.25) is 9.59 Å². The van der Waals surface area contributed by atoms with E-state index in [1.165, 1.54) is 24.3 Å². The summed E-state index contributed by atoms with van der Waals surface area (Å²) in [4.78, 5) is 26.4. The van der Waals surface area contributed by atoms with Crippen molar-refractivity contribution in [2.45, 2.75) is 32.7 Å². The topological polar surface area (TPSA) is 61.4 Å². The van der Waals surface area contributed by atoms with E-state index in [4.69, 9.17) is 0 Å². The molecule has 1 aromatic rings. The van der Waals surface area contributed by atoms with Gasteiger partial charge in [-0.25, -0.2) is 4.39 Å². The third kappa shape index (κ3) is 5.03. The Hall–Kier alpha value is -1.95. The SMILES string of the molecule is CC(C)N(CC(=O)Nc1ccc(F)cc1)C(=O)C1CCCNC1. The highest BCUT2D eigenvalue weighted by molar-refractivity contribution is 5.94. The fourth-order valence-corrected chi connectivity index (χ4v) is 2.70. The second-order valence-corrected chi connectivity index (χ2v) is 6.16. The number of halogens is 1. The molecule has 1 aliphatic heterocycles. The molecule has 126 valence electrons. The predicted octanol–water partition coefficient (Wildman–Crippen LogP) is 2.00. The van der Waals surface area contributed by atoms with Gasteiger partial charge in [0.05, 0.1) is 5.92 Å². The molecular formula is C17H24FN3O2. The van der Waals surface area contributed by atoms with Crippen LogP contribution >= 0.6 is 0 Å². The lowest BCUT2D eigenvalue weighted by molar-refractivity contribution is -0.140. The molecule has 0 aromatic heterocycles. The first kappa shape index (κ1) is 17.4. The fourth-order valence-electron chi connectivity index (χ4n) is 2.70. The Morgan fingerprint density at radius 1 is 1.35 bits per heavy atom. The number of benzene rings is 1. The Labute approximate surface area is 136 Å². The zero-order chi connectivity index (χ0) is 16.8. The molecule has 1 aliphatic rings. The summed E-state index contributed by atoms with van der Waals surface area (Å²) in [7, 11) is 0. The van der Waals surface area contributed by atoms with E-state index in [0.29, 0.717) is 12.2 Å². The second-order valence-electron chi connectivity index (χ2n) is 6.16. The normalized spacial score (nSPS) is 17.8. The predicted molar refractivity (Wildman–Crippen MR) is 87.5 cm³/mol. The Bertz CT molecular complexity index is 539. The fraction of sp³-hybridized carbons (Fsp3) is 0.529. The molecule has 1 unspecified atom stereocenters. The van der Waals surface area contributed by atoms with Gasteiger partial charge in [-0.05, 0) is 57.5 Å². The summed E-state index contributed by atoms with van der Waals surface area (Å²) in [6, 6.07) is 5.52. The molecule has 0 aliphatic carbocycles. The molecule has 2 rings (SSSR count). The quantitative estimate of drug-likeness (QED) is 0.872. The van der Waals surface area contributed by atoms with Crippen LogP contribution in [0, 0.1) is 11.7 Å². The van der Waals surface area contributed by atoms with Crippen molar-refractivity contribution >= 4 is 17.5 Å². The molecule has 0 spiro atoms. The molecule has 0 saturated carbocycles. The Morgan fingerprint density at radius 2 is 2.04 bits per heavy atom. The van der Waals surface area contributed by atoms with E-state index in [2.05, 4.69) is 10.6 Å². The summed E-state index contributed by atoms with van der Waals surface area (Å²) in [6.45, 7) is 5.42. The van der Waals surface area contributed by atoms with Crippen molar-refractivity contribution in [3.63, 3.8) is 0 Å². The molecular weight excluding hydrogens is 297 g/mol. The molecule has 1 heterocycles. The first-order valence-electron chi connectivity index (χ1n) is 8.04. The number of rotatable bonds is 5. The van der Waals surface area contributed by atoms with Crippen molar-refractivity contribution in [1.29, 1.82) is 0 Å². The van der Waals surface area contributed by atoms with Gasteiger partial charge in [0.1, 0.15) is 12.4 Å². The second kappa shape index (κ2) is 8.06. The maximum absolute atomic E-state index is 12.9. The van der Waals surface area contributed by atoms with Gasteiger partial charge in [-0.1, -0.05) is 0 Å². The van der Waals surface area contributed by atoms with Crippen LogP contribution in [0.1, 0.15) is 26.7 Å². The molecule has 0 bridgehead atoms. The molecule has 1 atom stereocenters. The maximum atomic E-state index is 12.9. The van der Waals surface area contributed by atoms with Crippen LogP contribution < -0.4 is 10.6 Å². The molecule has 2 amide bonds. The minimum absolute atomic E-state index is 0.00434. The van der Waals surface area contributed by atoms with Crippen molar-refractivity contribution in [2.24, 2.45) is 5.92 Å². The largest absolute Gasteiger partial charge is 0.331 e. The number of hydrogen-bond acceptors (Lipinski definition) is 3. The average molecular weight is 321 g/mol. The van der Waals surface area contributed by atoms with Gasteiger partial charge in [0.2, 0.25) is 11.8 Å². The molecule has 1 fully saturated rings. The molecule has 23 heavy (non-hydrogen) atoms. The summed E-state index contributed by atoms with van der Waals surface area (Å²) in [5.74, 6) is -0.680. The Balaban J connectivity index is 1.96. The maximum Gasteiger partial charge on any atom is 0.244 e. The number of nitrogens with zero attached hydrogens (tertiary/aromatic N) is 1. The number of carbonyl (C=O) groups is 2. The highest BCUT2D eigenvalue weighted by Crippen LogP contribution is 2.16. The molecule has 1 saturated heterocycles. The van der Waals surface area contributed by atoms with E-state index < -0.39 is 0 Å². The molecule has 0 radical (unpaired) electrons. The van der Waals surface area contributed by atoms with Crippen LogP contribution in [0.3, 0.4) is 0 Å². The van der Waals surface area contributed by atoms with Crippen LogP contribution in [0.5, 0.6) is 0 Å². The van der Waals surface area contributed by atoms with Crippen LogP contribution in [0.15, 0.2) is 24.3 Å². The van der Waals surface area contributed by atoms with Crippen molar-refractivity contribution in [1.82, 2.24) is 10.2 Å². The third-order valence-electron chi connectivity index (χ3n) is 3.99. The Kier molecular flexibility index (Phi) is 6.10. The number of hydrogen-bond donors (Lipinski definition) is 2. The van der Waals surface area contributed by atoms with Crippen molar-refractivity contribution in [2.75, 3.05) is 25.0 Å². The van der Waals surface area contributed by atoms with Gasteiger partial charge < -0.3 is 15.5 Å². The lowest BCUT2D eigenvalue weighted by atomic mass is 9.97. The highest BCUT2D eigenvalue weighted by Gasteiger charge is 2.28. The van der Waals surface area contributed by atoms with Crippen LogP contribution in [-0.2, 0) is 9.59 Å². The van der Waals surface area contributed by atoms with Gasteiger partial charge in [0.15, 0.2) is 0 Å². The first-order valence-corrected chi connectivity index (χ1v) is 8.04. The van der Waals surface area contributed by atoms with Crippen LogP contribution in [0.4, 0.5) is 10.1 Å². The number of nitrogens with one attached hydrogen (secondary N) is 2. The van der Waals surface area contributed by atoms with Crippen LogP contribution in [0.25, 0.3) is 0 Å². The lowest BCUT2D eigenvalue weighted by Gasteiger charge is -2.32. The molecule has 1 aromatic carbocycles. The highest BCUT2D eigenvalue weighted by atomic mass is 19.1. The third-order valence-corrected chi connectivity index (χ3v) is 3.99. The summed E-state index contributed by atoms with van der Waals surface area (Å²) in [6.07, 6.45) is 1.83. The minimum Gasteiger partial charge on any atom is -0.331 e. The zero-order valence-corrected chi connectivity index (χ0v) is 13.6. The zero-order valence-electron chi connectivity index (χ0n) is 13.6. The smallest absolute Gasteiger partial charge is 0.244 e. The molecule has 6 heteroatoms. The van der Waals surface area contributed by atoms with Crippen molar-refractivity contribution < 1.29 is 14.0 Å². The van der Waals surface area contributed by atoms with Crippen molar-refractivity contribution in [3.05, 3.63) is 30.1 Å². The molecule has 5 nitrogen and oxygen atoms in total. The number of anilines is 1. The van der Waals surface area contributed by atoms with Gasteiger partial charge >= 0.3 is 0 Å². The number of carbonyl (C=O) groups excluding carboxylic acids is 2. The van der Waals surface area contributed by atoms with Gasteiger partial charge in [0.25, 0.3) is 0 Å². The standard InChI is InChI=1S/C17H24FN3O2/c1-12(2)21(17(23)13-4-3-9-19-10-13)11-16(22)20-15-7-5-14(18)6-8-15/h5-8,12-13,19H,3-4,9-11H2,1-2H3,(H,20,22). The van der Waals surface area contributed by atoms with Crippen LogP contribution in [0.2, 0.25) is 0 Å². The summed E-state index contributed by atoms with van der Waals surface area (Å²) < 4.78 is 12.9. The van der Waals surface area contributed by atoms with Crippen LogP contribution in [-0.4, -0.2) is 42.4 Å². The summed E-state index contributed by atoms with van der Waals surface area (Å²) in [5.41, 5.74) is 0.520. The average Bonchev–Trinajstić information content (AvgIpc) is 2.55. The monoisotopic (exact) mass is 321 g/mol. The van der Waals surface area contributed by atoms with Gasteiger partial charge in [-0.15, -0.1) is 0 Å². The van der Waals surface area contributed by atoms with Gasteiger partial charge in [0, 0.05) is 18.3 Å². The lowest BCUT2D eigenvalue weighted by Crippen LogP contribution is -2.48. The minimum atomic E-state index is -0.355. The van der Waals surface area contributed by atoms with Crippen molar-refractivity contribution in [3.8, 4) is 0 Å². The molecule has 2 N–H and O–H groups in total. The summed E-state index contributed by atoms with van der Waals surface area (Å²) in [5, 5.41) is 5.92. The Morgan fingerprint density at radius 3 is 2.61 bits per heavy atom.